The van der Waals surface area contributed by atoms with Crippen LogP contribution in [0.3, 0.4) is 0 Å². The number of phenolic OH excluding ortho intramolecular Hbond substituents is 2. The van der Waals surface area contributed by atoms with E-state index in [0.717, 1.165) is 16.5 Å². The van der Waals surface area contributed by atoms with Gasteiger partial charge in [0.05, 0.1) is 54.1 Å². The zero-order valence-electron chi connectivity index (χ0n) is 37.0. The van der Waals surface area contributed by atoms with E-state index in [-0.39, 0.29) is 45.9 Å². The highest BCUT2D eigenvalue weighted by Crippen LogP contribution is 2.44. The van der Waals surface area contributed by atoms with Gasteiger partial charge in [-0.3, -0.25) is 19.9 Å². The van der Waals surface area contributed by atoms with Crippen LogP contribution >= 0.6 is 46.4 Å². The van der Waals surface area contributed by atoms with E-state index in [1.54, 1.807) is 91.0 Å². The Labute approximate surface area is 424 Å². The number of anilines is 2. The van der Waals surface area contributed by atoms with Crippen molar-refractivity contribution in [2.45, 2.75) is 13.5 Å². The number of hydrogen-bond acceptors (Lipinski definition) is 12. The molecule has 1 amide bonds. The van der Waals surface area contributed by atoms with E-state index >= 15 is 0 Å². The number of amides is 1. The first-order valence-corrected chi connectivity index (χ1v) is 23.2. The first-order chi connectivity index (χ1) is 34.4. The number of nitrogens with zero attached hydrogens (tertiary/aromatic N) is 6. The minimum Gasteiger partial charge on any atom is -0.505 e. The minimum absolute atomic E-state index is 0.00586. The first kappa shape index (κ1) is 46.7. The summed E-state index contributed by atoms with van der Waals surface area (Å²) in [7, 11) is 0. The second-order valence-electron chi connectivity index (χ2n) is 16.3. The van der Waals surface area contributed by atoms with Crippen LogP contribution in [0.5, 0.6) is 11.5 Å². The predicted octanol–water partition coefficient (Wildman–Crippen LogP) is 17.6. The number of azo groups is 3. The van der Waals surface area contributed by atoms with Gasteiger partial charge in [-0.1, -0.05) is 107 Å². The number of aryl methyl sites for hydroxylation is 1. The number of nitrogens with one attached hydrogen (secondary N) is 2. The van der Waals surface area contributed by atoms with E-state index in [9.17, 15) is 19.8 Å². The molecule has 0 unspecified atom stereocenters. The maximum atomic E-state index is 13.9. The molecule has 17 heteroatoms. The van der Waals surface area contributed by atoms with Gasteiger partial charge in [-0.2, -0.15) is 20.5 Å². The van der Waals surface area contributed by atoms with Crippen LogP contribution in [-0.2, 0) is 11.4 Å². The molecule has 0 saturated carbocycles. The molecule has 0 fully saturated rings. The van der Waals surface area contributed by atoms with Crippen molar-refractivity contribution < 1.29 is 24.6 Å². The lowest BCUT2D eigenvalue weighted by atomic mass is 10.0. The third-order valence-corrected chi connectivity index (χ3v) is 13.1. The molecule has 9 aromatic rings. The van der Waals surface area contributed by atoms with Crippen LogP contribution in [0.15, 0.2) is 182 Å². The Morgan fingerprint density at radius 3 is 1.70 bits per heavy atom. The zero-order valence-corrected chi connectivity index (χ0v) is 40.0. The number of ketones is 1. The van der Waals surface area contributed by atoms with Gasteiger partial charge in [0.15, 0.2) is 11.5 Å². The second kappa shape index (κ2) is 19.8. The number of carbonyl (C=O) groups excluding carboxylic acids is 2. The summed E-state index contributed by atoms with van der Waals surface area (Å²) < 4.78 is 0. The lowest BCUT2D eigenvalue weighted by molar-refractivity contribution is 0.102. The average molecular weight is 1020 g/mol. The second-order valence-corrected chi connectivity index (χ2v) is 17.9. The Balaban J connectivity index is 0.837. The van der Waals surface area contributed by atoms with Crippen molar-refractivity contribution in [2.75, 3.05) is 10.8 Å². The predicted molar refractivity (Wildman–Crippen MR) is 280 cm³/mol. The van der Waals surface area contributed by atoms with Crippen LogP contribution in [0.1, 0.15) is 37.4 Å². The van der Waals surface area contributed by atoms with Crippen LogP contribution in [-0.4, -0.2) is 21.9 Å². The van der Waals surface area contributed by atoms with Crippen molar-refractivity contribution in [3.63, 3.8) is 0 Å². The summed E-state index contributed by atoms with van der Waals surface area (Å²) >= 11 is 24.4. The molecule has 0 spiro atoms. The van der Waals surface area contributed by atoms with Gasteiger partial charge in [0.2, 0.25) is 0 Å². The lowest BCUT2D eigenvalue weighted by Crippen LogP contribution is -2.12. The van der Waals surface area contributed by atoms with E-state index in [4.69, 9.17) is 51.2 Å². The van der Waals surface area contributed by atoms with E-state index in [1.165, 1.54) is 6.07 Å². The zero-order chi connectivity index (χ0) is 49.3. The van der Waals surface area contributed by atoms with Crippen molar-refractivity contribution in [1.29, 1.82) is 0 Å². The fraction of sp³-hybridized carbons (Fsp3) is 0.0370. The Morgan fingerprint density at radius 2 is 1.07 bits per heavy atom. The van der Waals surface area contributed by atoms with Gasteiger partial charge in [-0.25, -0.2) is 0 Å². The van der Waals surface area contributed by atoms with Gasteiger partial charge in [-0.15, -0.1) is 10.2 Å². The van der Waals surface area contributed by atoms with Crippen LogP contribution in [0.4, 0.5) is 45.5 Å². The molecule has 0 aliphatic heterocycles. The molecule has 348 valence electrons. The molecular formula is C54H34Cl4N8O5. The molecule has 13 nitrogen and oxygen atoms in total. The van der Waals surface area contributed by atoms with Gasteiger partial charge in [0.1, 0.15) is 23.7 Å². The van der Waals surface area contributed by atoms with Crippen molar-refractivity contribution in [3.8, 4) is 22.6 Å². The number of rotatable bonds is 12. The average Bonchev–Trinajstić information content (AvgIpc) is 3.64. The Morgan fingerprint density at radius 1 is 0.535 bits per heavy atom. The summed E-state index contributed by atoms with van der Waals surface area (Å²) in [6.45, 7) is 1.82. The molecule has 0 bridgehead atoms. The molecule has 1 aliphatic carbocycles. The Kier molecular flexibility index (Phi) is 13.0. The highest BCUT2D eigenvalue weighted by molar-refractivity contribution is 6.42. The number of carbonyl (C=O) groups is 2. The molecule has 0 aromatic heterocycles. The Bertz CT molecular complexity index is 3770. The molecule has 10 rings (SSSR count). The Hall–Kier alpha value is -8.04. The number of fused-ring (bicyclic) bond motifs is 5. The molecule has 9 aromatic carbocycles. The summed E-state index contributed by atoms with van der Waals surface area (Å²) in [4.78, 5) is 32.9. The van der Waals surface area contributed by atoms with Gasteiger partial charge < -0.3 is 15.5 Å². The fourth-order valence-electron chi connectivity index (χ4n) is 8.03. The maximum Gasteiger partial charge on any atom is 0.259 e. The van der Waals surface area contributed by atoms with Gasteiger partial charge in [0, 0.05) is 33.2 Å². The van der Waals surface area contributed by atoms with Crippen LogP contribution in [0.2, 0.25) is 20.1 Å². The molecule has 4 N–H and O–H groups in total. The van der Waals surface area contributed by atoms with Gasteiger partial charge in [-0.05, 0) is 125 Å². The highest BCUT2D eigenvalue weighted by atomic mass is 35.5. The topological polar surface area (TPSA) is 182 Å². The molecule has 1 aliphatic rings. The van der Waals surface area contributed by atoms with Crippen LogP contribution in [0.25, 0.3) is 32.7 Å². The molecular weight excluding hydrogens is 982 g/mol. The largest absolute Gasteiger partial charge is 0.505 e. The smallest absolute Gasteiger partial charge is 0.259 e. The molecule has 0 atom stereocenters. The minimum atomic E-state index is -0.575. The molecule has 0 heterocycles. The normalized spacial score (nSPS) is 12.2. The number of halogens is 4. The highest BCUT2D eigenvalue weighted by Gasteiger charge is 2.28. The van der Waals surface area contributed by atoms with Crippen LogP contribution < -0.4 is 10.8 Å². The number of aromatic hydroxyl groups is 2. The van der Waals surface area contributed by atoms with Crippen molar-refractivity contribution in [3.05, 3.63) is 200 Å². The molecule has 0 saturated heterocycles. The molecule has 71 heavy (non-hydrogen) atoms. The monoisotopic (exact) mass is 1010 g/mol. The lowest BCUT2D eigenvalue weighted by Gasteiger charge is -2.12. The maximum absolute atomic E-state index is 13.9. The van der Waals surface area contributed by atoms with E-state index < -0.39 is 5.91 Å². The third kappa shape index (κ3) is 9.65. The summed E-state index contributed by atoms with van der Waals surface area (Å²) in [5.41, 5.74) is 9.66. The van der Waals surface area contributed by atoms with Crippen molar-refractivity contribution in [2.24, 2.45) is 30.7 Å². The SMILES string of the molecule is Cc1cc(N=Nc2ccc3c(c2)C(=O)c2cc(N=Nc4c(O)c(CONc5ccc(Cl)c(Cl)c5)cc5ccccc45)ccc2-3)ccc1N=Nc1c(O)c(C(=O)Nc2ccc(Cl)c(Cl)c2)cc2ccccc12. The summed E-state index contributed by atoms with van der Waals surface area (Å²) in [5, 5.41) is 56.3. The van der Waals surface area contributed by atoms with E-state index in [0.29, 0.717) is 87.6 Å². The van der Waals surface area contributed by atoms with E-state index in [2.05, 4.69) is 41.5 Å². The van der Waals surface area contributed by atoms with Gasteiger partial charge in [0.25, 0.3) is 5.91 Å². The molecule has 0 radical (unpaired) electrons. The van der Waals surface area contributed by atoms with E-state index in [1.807, 2.05) is 61.5 Å². The number of benzene rings is 9. The number of phenols is 2. The summed E-state index contributed by atoms with van der Waals surface area (Å²) in [5.74, 6) is -1.23. The van der Waals surface area contributed by atoms with Crippen LogP contribution in [0, 0.1) is 6.92 Å². The van der Waals surface area contributed by atoms with Gasteiger partial charge >= 0.3 is 0 Å². The quantitative estimate of drug-likeness (QED) is 0.0698. The van der Waals surface area contributed by atoms with Crippen molar-refractivity contribution >= 4 is 125 Å². The third-order valence-electron chi connectivity index (χ3n) is 11.6. The first-order valence-electron chi connectivity index (χ1n) is 21.6. The fourth-order valence-corrected chi connectivity index (χ4v) is 8.62. The standard InChI is InChI=1S/C54H34Cl4N8O5/c1-28-20-33(14-19-48(28)63-65-50-38-9-5-3-7-30(38)22-43(53(50)69)54(70)59-32-12-17-44(55)46(57)25-32)60-61-34-10-15-39-40-16-11-35(24-42(40)52(68)41(39)23-34)62-64-49-37-8-4-2-6-29(37)21-31(51(49)67)27-71-66-36-13-18-45(56)47(58)26-36/h2-26,66-67,69H,27H2,1H3,(H,59,70). The number of hydrogen-bond donors (Lipinski definition) is 4. The summed E-state index contributed by atoms with van der Waals surface area (Å²) in [6, 6.07) is 43.6. The summed E-state index contributed by atoms with van der Waals surface area (Å²) in [6.07, 6.45) is 0. The van der Waals surface area contributed by atoms with Crippen molar-refractivity contribution in [1.82, 2.24) is 0 Å².